The second-order valence-electron chi connectivity index (χ2n) is 5.53. The number of rotatable bonds is 0. The lowest BCUT2D eigenvalue weighted by atomic mass is 9.64. The van der Waals surface area contributed by atoms with Crippen molar-refractivity contribution in [1.29, 1.82) is 0 Å². The van der Waals surface area contributed by atoms with Crippen molar-refractivity contribution in [3.63, 3.8) is 0 Å². The Bertz CT molecular complexity index is 258. The van der Waals surface area contributed by atoms with Gasteiger partial charge in [-0.25, -0.2) is 0 Å². The van der Waals surface area contributed by atoms with Gasteiger partial charge in [0.1, 0.15) is 0 Å². The molecule has 3 aliphatic rings. The minimum absolute atomic E-state index is 0.0957. The largest absolute Gasteiger partial charge is 0.393 e. The number of hydrogen-bond donors (Lipinski definition) is 1. The van der Waals surface area contributed by atoms with E-state index in [9.17, 15) is 5.11 Å². The molecule has 2 nitrogen and oxygen atoms in total. The van der Waals surface area contributed by atoms with Gasteiger partial charge in [-0.3, -0.25) is 0 Å². The molecule has 2 bridgehead atoms. The second-order valence-corrected chi connectivity index (χ2v) is 7.13. The molecule has 0 aromatic carbocycles. The lowest BCUT2D eigenvalue weighted by Gasteiger charge is -2.41. The predicted molar refractivity (Wildman–Crippen MR) is 67.2 cm³/mol. The first-order chi connectivity index (χ1) is 7.23. The number of aliphatic hydroxyl groups is 1. The Morgan fingerprint density at radius 3 is 2.73 bits per heavy atom. The summed E-state index contributed by atoms with van der Waals surface area (Å²) in [6.07, 6.45) is 7.60. The van der Waals surface area contributed by atoms with Gasteiger partial charge in [-0.1, -0.05) is 35.4 Å². The minimum atomic E-state index is -0.0957. The molecule has 3 heteroatoms. The fourth-order valence-electron chi connectivity index (χ4n) is 4.03. The highest BCUT2D eigenvalue weighted by Crippen LogP contribution is 2.55. The van der Waals surface area contributed by atoms with Gasteiger partial charge in [0.25, 0.3) is 0 Å². The van der Waals surface area contributed by atoms with E-state index in [-0.39, 0.29) is 6.10 Å². The first-order valence-electron chi connectivity index (χ1n) is 6.17. The quantitative estimate of drug-likeness (QED) is 0.549. The number of halogens is 1. The summed E-state index contributed by atoms with van der Waals surface area (Å²) in [5.74, 6) is 0.440. The zero-order chi connectivity index (χ0) is 10.5. The van der Waals surface area contributed by atoms with Crippen LogP contribution in [0.3, 0.4) is 0 Å². The van der Waals surface area contributed by atoms with Crippen molar-refractivity contribution in [2.24, 2.45) is 11.3 Å². The molecule has 86 valence electrons. The van der Waals surface area contributed by atoms with E-state index in [4.69, 9.17) is 4.74 Å². The van der Waals surface area contributed by atoms with E-state index in [2.05, 4.69) is 22.6 Å². The summed E-state index contributed by atoms with van der Waals surface area (Å²) >= 11 is 2.53. The Morgan fingerprint density at radius 2 is 1.93 bits per heavy atom. The van der Waals surface area contributed by atoms with Gasteiger partial charge in [0, 0.05) is 15.3 Å². The molecule has 1 N–H and O–H groups in total. The van der Waals surface area contributed by atoms with Gasteiger partial charge in [-0.15, -0.1) is 0 Å². The van der Waals surface area contributed by atoms with Crippen molar-refractivity contribution >= 4 is 22.6 Å². The highest BCUT2D eigenvalue weighted by Gasteiger charge is 2.56. The van der Waals surface area contributed by atoms with Crippen LogP contribution in [0.25, 0.3) is 0 Å². The Morgan fingerprint density at radius 1 is 1.20 bits per heavy atom. The molecule has 0 unspecified atom stereocenters. The molecule has 0 aromatic rings. The van der Waals surface area contributed by atoms with Crippen molar-refractivity contribution in [1.82, 2.24) is 0 Å². The molecule has 3 rings (SSSR count). The highest BCUT2D eigenvalue weighted by atomic mass is 127. The van der Waals surface area contributed by atoms with Crippen LogP contribution in [0, 0.1) is 11.3 Å². The lowest BCUT2D eigenvalue weighted by Crippen LogP contribution is -2.44. The molecule has 1 heterocycles. The zero-order valence-corrected chi connectivity index (χ0v) is 11.2. The molecule has 3 fully saturated rings. The van der Waals surface area contributed by atoms with Gasteiger partial charge < -0.3 is 9.84 Å². The van der Waals surface area contributed by atoms with Crippen molar-refractivity contribution in [2.45, 2.75) is 54.7 Å². The summed E-state index contributed by atoms with van der Waals surface area (Å²) in [4.78, 5) is 0. The van der Waals surface area contributed by atoms with E-state index >= 15 is 0 Å². The van der Waals surface area contributed by atoms with Gasteiger partial charge in [-0.05, 0) is 25.7 Å². The molecule has 1 saturated heterocycles. The van der Waals surface area contributed by atoms with E-state index in [0.717, 1.165) is 13.0 Å². The summed E-state index contributed by atoms with van der Waals surface area (Å²) in [5.41, 5.74) is 0.349. The van der Waals surface area contributed by atoms with Crippen LogP contribution in [0.15, 0.2) is 0 Å². The van der Waals surface area contributed by atoms with E-state index < -0.39 is 0 Å². The van der Waals surface area contributed by atoms with Crippen molar-refractivity contribution < 1.29 is 9.84 Å². The molecule has 2 saturated carbocycles. The summed E-state index contributed by atoms with van der Waals surface area (Å²) in [5, 5.41) is 10.2. The van der Waals surface area contributed by atoms with E-state index in [0.29, 0.717) is 21.4 Å². The summed E-state index contributed by atoms with van der Waals surface area (Å²) in [6.45, 7) is 0.916. The standard InChI is InChI=1S/C12H19IO2/c13-8-3-1-5-12-6-2-4-9(14)10(12)11(8)15-7-12/h8-11,14H,1-7H2/t8-,9-,10-,11+,12-/m0/s1. The maximum Gasteiger partial charge on any atom is 0.0751 e. The molecule has 2 aliphatic carbocycles. The number of ether oxygens (including phenoxy) is 1. The first-order valence-corrected chi connectivity index (χ1v) is 7.41. The summed E-state index contributed by atoms with van der Waals surface area (Å²) < 4.78 is 6.63. The SMILES string of the molecule is O[C@H]1CCC[C@@]23CCC[C@H](I)[C@@H](OC2)[C@H]13. The third-order valence-corrected chi connectivity index (χ3v) is 6.06. The molecular formula is C12H19IO2. The van der Waals surface area contributed by atoms with Crippen LogP contribution in [-0.2, 0) is 4.74 Å². The lowest BCUT2D eigenvalue weighted by molar-refractivity contribution is -0.0124. The van der Waals surface area contributed by atoms with Gasteiger partial charge in [0.05, 0.1) is 18.8 Å². The van der Waals surface area contributed by atoms with Crippen LogP contribution < -0.4 is 0 Å². The van der Waals surface area contributed by atoms with Crippen LogP contribution in [0.1, 0.15) is 38.5 Å². The van der Waals surface area contributed by atoms with Crippen molar-refractivity contribution in [3.05, 3.63) is 0 Å². The van der Waals surface area contributed by atoms with Gasteiger partial charge in [0.2, 0.25) is 0 Å². The molecular weight excluding hydrogens is 303 g/mol. The van der Waals surface area contributed by atoms with Crippen LogP contribution in [0.5, 0.6) is 0 Å². The molecule has 0 radical (unpaired) electrons. The van der Waals surface area contributed by atoms with Crippen LogP contribution >= 0.6 is 22.6 Å². The average Bonchev–Trinajstić information content (AvgIpc) is 2.51. The maximum atomic E-state index is 10.2. The summed E-state index contributed by atoms with van der Waals surface area (Å²) in [6, 6.07) is 0. The Balaban J connectivity index is 1.95. The third-order valence-electron chi connectivity index (χ3n) is 4.72. The van der Waals surface area contributed by atoms with Gasteiger partial charge in [-0.2, -0.15) is 0 Å². The highest BCUT2D eigenvalue weighted by molar-refractivity contribution is 14.1. The number of aliphatic hydroxyl groups excluding tert-OH is 1. The third kappa shape index (κ3) is 1.57. The maximum absolute atomic E-state index is 10.2. The van der Waals surface area contributed by atoms with Crippen molar-refractivity contribution in [2.75, 3.05) is 6.61 Å². The van der Waals surface area contributed by atoms with E-state index in [1.807, 2.05) is 0 Å². The van der Waals surface area contributed by atoms with E-state index in [1.165, 1.54) is 32.1 Å². The first kappa shape index (κ1) is 10.8. The van der Waals surface area contributed by atoms with Crippen LogP contribution in [0.4, 0.5) is 0 Å². The fourth-order valence-corrected chi connectivity index (χ4v) is 5.12. The zero-order valence-electron chi connectivity index (χ0n) is 8.99. The van der Waals surface area contributed by atoms with Crippen LogP contribution in [0.2, 0.25) is 0 Å². The minimum Gasteiger partial charge on any atom is -0.393 e. The molecule has 5 atom stereocenters. The Labute approximate surface area is 105 Å². The van der Waals surface area contributed by atoms with Crippen LogP contribution in [-0.4, -0.2) is 27.8 Å². The molecule has 15 heavy (non-hydrogen) atoms. The van der Waals surface area contributed by atoms with Crippen molar-refractivity contribution in [3.8, 4) is 0 Å². The number of hydrogen-bond acceptors (Lipinski definition) is 2. The molecule has 0 aromatic heterocycles. The van der Waals surface area contributed by atoms with Gasteiger partial charge in [0.15, 0.2) is 0 Å². The molecule has 0 spiro atoms. The van der Waals surface area contributed by atoms with Gasteiger partial charge >= 0.3 is 0 Å². The topological polar surface area (TPSA) is 29.5 Å². The Kier molecular flexibility index (Phi) is 2.76. The summed E-state index contributed by atoms with van der Waals surface area (Å²) in [7, 11) is 0. The monoisotopic (exact) mass is 322 g/mol. The molecule has 0 amide bonds. The second kappa shape index (κ2) is 3.84. The molecule has 1 aliphatic heterocycles. The Hall–Kier alpha value is 0.650. The average molecular weight is 322 g/mol. The number of alkyl halides is 1. The fraction of sp³-hybridized carbons (Fsp3) is 1.00. The predicted octanol–water partition coefficient (Wildman–Crippen LogP) is 2.52. The normalized spacial score (nSPS) is 54.8. The smallest absolute Gasteiger partial charge is 0.0751 e. The van der Waals surface area contributed by atoms with E-state index in [1.54, 1.807) is 0 Å².